The quantitative estimate of drug-likeness (QED) is 0.667. The first-order valence-corrected chi connectivity index (χ1v) is 6.82. The van der Waals surface area contributed by atoms with Gasteiger partial charge in [0.1, 0.15) is 5.54 Å². The number of carboxylic acid groups (broad SMARTS) is 1. The van der Waals surface area contributed by atoms with Gasteiger partial charge in [0, 0.05) is 32.5 Å². The van der Waals surface area contributed by atoms with Crippen LogP contribution >= 0.6 is 0 Å². The normalized spacial score (nSPS) is 22.4. The van der Waals surface area contributed by atoms with Gasteiger partial charge >= 0.3 is 11.9 Å². The number of hydrogen-bond donors (Lipinski definition) is 2. The third-order valence-corrected chi connectivity index (χ3v) is 3.37. The van der Waals surface area contributed by atoms with E-state index in [0.29, 0.717) is 19.6 Å². The van der Waals surface area contributed by atoms with Crippen molar-refractivity contribution in [2.75, 3.05) is 26.2 Å². The van der Waals surface area contributed by atoms with Crippen molar-refractivity contribution >= 4 is 17.8 Å². The van der Waals surface area contributed by atoms with Crippen LogP contribution in [0.15, 0.2) is 0 Å². The van der Waals surface area contributed by atoms with Crippen LogP contribution in [0.3, 0.4) is 0 Å². The third-order valence-electron chi connectivity index (χ3n) is 3.37. The lowest BCUT2D eigenvalue weighted by molar-refractivity contribution is -0.164. The fraction of sp³-hybridized carbons (Fsp3) is 0.769. The molecule has 7 nitrogen and oxygen atoms in total. The summed E-state index contributed by atoms with van der Waals surface area (Å²) in [5, 5.41) is 11.7. The number of aliphatic carboxylic acids is 1. The molecule has 0 aromatic heterocycles. The average molecular weight is 286 g/mol. The van der Waals surface area contributed by atoms with E-state index < -0.39 is 17.5 Å². The summed E-state index contributed by atoms with van der Waals surface area (Å²) in [4.78, 5) is 36.2. The van der Waals surface area contributed by atoms with Gasteiger partial charge in [-0.15, -0.1) is 0 Å². The Morgan fingerprint density at radius 2 is 2.05 bits per heavy atom. The summed E-state index contributed by atoms with van der Waals surface area (Å²) in [6, 6.07) is 0. The summed E-state index contributed by atoms with van der Waals surface area (Å²) in [5.74, 6) is -1.56. The van der Waals surface area contributed by atoms with Crippen LogP contribution < -0.4 is 5.32 Å². The summed E-state index contributed by atoms with van der Waals surface area (Å²) < 4.78 is 5.04. The number of nitrogens with zero attached hydrogens (tertiary/aromatic N) is 1. The predicted octanol–water partition coefficient (Wildman–Crippen LogP) is -0.00510. The standard InChI is InChI=1S/C13H22N2O5/c1-3-20-12(19)13(2)9-14-7-8-15(13)10(16)5-4-6-11(17)18/h14H,3-9H2,1-2H3,(H,17,18). The van der Waals surface area contributed by atoms with E-state index in [0.717, 1.165) is 0 Å². The molecule has 1 heterocycles. The Morgan fingerprint density at radius 1 is 1.35 bits per heavy atom. The highest BCUT2D eigenvalue weighted by Gasteiger charge is 2.44. The van der Waals surface area contributed by atoms with Gasteiger partial charge in [0.25, 0.3) is 0 Å². The van der Waals surface area contributed by atoms with E-state index in [1.807, 2.05) is 0 Å². The second kappa shape index (κ2) is 7.23. The Kier molecular flexibility index (Phi) is 5.94. The lowest BCUT2D eigenvalue weighted by Crippen LogP contribution is -2.65. The first-order valence-electron chi connectivity index (χ1n) is 6.82. The van der Waals surface area contributed by atoms with Crippen LogP contribution in [0, 0.1) is 0 Å². The van der Waals surface area contributed by atoms with Gasteiger partial charge in [-0.25, -0.2) is 4.79 Å². The molecule has 0 aliphatic carbocycles. The molecule has 0 spiro atoms. The zero-order valence-corrected chi connectivity index (χ0v) is 12.0. The fourth-order valence-corrected chi connectivity index (χ4v) is 2.26. The highest BCUT2D eigenvalue weighted by atomic mass is 16.5. The third kappa shape index (κ3) is 3.93. The molecule has 1 atom stereocenters. The maximum atomic E-state index is 12.2. The monoisotopic (exact) mass is 286 g/mol. The minimum atomic E-state index is -1.02. The van der Waals surface area contributed by atoms with Crippen molar-refractivity contribution in [3.63, 3.8) is 0 Å². The number of ether oxygens (including phenoxy) is 1. The molecule has 1 amide bonds. The van der Waals surface area contributed by atoms with Gasteiger partial charge in [0.15, 0.2) is 0 Å². The predicted molar refractivity (Wildman–Crippen MR) is 71.1 cm³/mol. The van der Waals surface area contributed by atoms with Crippen molar-refractivity contribution in [3.8, 4) is 0 Å². The molecule has 1 aliphatic heterocycles. The minimum absolute atomic E-state index is 0.0477. The molecule has 7 heteroatoms. The van der Waals surface area contributed by atoms with Crippen molar-refractivity contribution in [2.45, 2.75) is 38.6 Å². The van der Waals surface area contributed by atoms with E-state index in [4.69, 9.17) is 9.84 Å². The average Bonchev–Trinajstić information content (AvgIpc) is 2.38. The molecule has 0 radical (unpaired) electrons. The second-order valence-corrected chi connectivity index (χ2v) is 4.96. The zero-order valence-electron chi connectivity index (χ0n) is 12.0. The number of nitrogens with one attached hydrogen (secondary N) is 1. The molecule has 0 aromatic rings. The molecule has 1 fully saturated rings. The van der Waals surface area contributed by atoms with E-state index in [1.54, 1.807) is 13.8 Å². The van der Waals surface area contributed by atoms with Crippen LogP contribution in [-0.4, -0.2) is 59.6 Å². The van der Waals surface area contributed by atoms with Crippen molar-refractivity contribution < 1.29 is 24.2 Å². The van der Waals surface area contributed by atoms with Gasteiger partial charge in [0.05, 0.1) is 6.61 Å². The van der Waals surface area contributed by atoms with Crippen molar-refractivity contribution in [1.82, 2.24) is 10.2 Å². The van der Waals surface area contributed by atoms with Crippen molar-refractivity contribution in [2.24, 2.45) is 0 Å². The van der Waals surface area contributed by atoms with Crippen molar-refractivity contribution in [1.29, 1.82) is 0 Å². The number of carbonyl (C=O) groups is 3. The molecule has 1 unspecified atom stereocenters. The summed E-state index contributed by atoms with van der Waals surface area (Å²) in [5.41, 5.74) is -1.02. The fourth-order valence-electron chi connectivity index (χ4n) is 2.26. The summed E-state index contributed by atoms with van der Waals surface area (Å²) in [6.07, 6.45) is 0.353. The van der Waals surface area contributed by atoms with Gasteiger partial charge < -0.3 is 20.1 Å². The van der Waals surface area contributed by atoms with Crippen molar-refractivity contribution in [3.05, 3.63) is 0 Å². The Balaban J connectivity index is 2.70. The number of carboxylic acids is 1. The number of amides is 1. The van der Waals surface area contributed by atoms with E-state index in [2.05, 4.69) is 5.32 Å². The van der Waals surface area contributed by atoms with Gasteiger partial charge in [-0.1, -0.05) is 0 Å². The van der Waals surface area contributed by atoms with E-state index in [1.165, 1.54) is 4.90 Å². The second-order valence-electron chi connectivity index (χ2n) is 4.96. The van der Waals surface area contributed by atoms with Crippen LogP contribution in [0.4, 0.5) is 0 Å². The van der Waals surface area contributed by atoms with Gasteiger partial charge in [-0.2, -0.15) is 0 Å². The first kappa shape index (κ1) is 16.4. The molecule has 1 rings (SSSR count). The molecule has 1 saturated heterocycles. The summed E-state index contributed by atoms with van der Waals surface area (Å²) >= 11 is 0. The minimum Gasteiger partial charge on any atom is -0.481 e. The van der Waals surface area contributed by atoms with Crippen LogP contribution in [0.1, 0.15) is 33.1 Å². The lowest BCUT2D eigenvalue weighted by Gasteiger charge is -2.43. The van der Waals surface area contributed by atoms with E-state index >= 15 is 0 Å². The number of piperazine rings is 1. The largest absolute Gasteiger partial charge is 0.481 e. The number of esters is 1. The molecule has 20 heavy (non-hydrogen) atoms. The first-order chi connectivity index (χ1) is 9.41. The highest BCUT2D eigenvalue weighted by molar-refractivity contribution is 5.88. The smallest absolute Gasteiger partial charge is 0.333 e. The molecule has 0 bridgehead atoms. The number of rotatable bonds is 6. The van der Waals surface area contributed by atoms with Crippen LogP contribution in [0.5, 0.6) is 0 Å². The highest BCUT2D eigenvalue weighted by Crippen LogP contribution is 2.21. The maximum absolute atomic E-state index is 12.2. The summed E-state index contributed by atoms with van der Waals surface area (Å²) in [7, 11) is 0. The Bertz CT molecular complexity index is 385. The Morgan fingerprint density at radius 3 is 2.65 bits per heavy atom. The van der Waals surface area contributed by atoms with E-state index in [-0.39, 0.29) is 31.8 Å². The van der Waals surface area contributed by atoms with Gasteiger partial charge in [0.2, 0.25) is 5.91 Å². The summed E-state index contributed by atoms with van der Waals surface area (Å²) in [6.45, 7) is 5.02. The Labute approximate surface area is 118 Å². The van der Waals surface area contributed by atoms with Gasteiger partial charge in [-0.3, -0.25) is 9.59 Å². The topological polar surface area (TPSA) is 95.9 Å². The van der Waals surface area contributed by atoms with Crippen LogP contribution in [0.2, 0.25) is 0 Å². The molecule has 114 valence electrons. The number of hydrogen-bond acceptors (Lipinski definition) is 5. The Hall–Kier alpha value is -1.63. The molecule has 1 aliphatic rings. The molecule has 2 N–H and O–H groups in total. The zero-order chi connectivity index (χ0) is 15.2. The van der Waals surface area contributed by atoms with Crippen LogP contribution in [0.25, 0.3) is 0 Å². The molecule has 0 saturated carbocycles. The molecular weight excluding hydrogens is 264 g/mol. The van der Waals surface area contributed by atoms with Gasteiger partial charge in [-0.05, 0) is 20.3 Å². The molecule has 0 aromatic carbocycles. The maximum Gasteiger partial charge on any atom is 0.333 e. The van der Waals surface area contributed by atoms with Crippen LogP contribution in [-0.2, 0) is 19.1 Å². The lowest BCUT2D eigenvalue weighted by atomic mass is 9.96. The van der Waals surface area contributed by atoms with E-state index in [9.17, 15) is 14.4 Å². The SMILES string of the molecule is CCOC(=O)C1(C)CNCCN1C(=O)CCCC(=O)O. The molecular formula is C13H22N2O5. The number of carbonyl (C=O) groups excluding carboxylic acids is 2.